The third kappa shape index (κ3) is 6.20. The second kappa shape index (κ2) is 13.1. The molecule has 4 aromatic carbocycles. The number of amides is 2. The lowest BCUT2D eigenvalue weighted by Crippen LogP contribution is -2.43. The van der Waals surface area contributed by atoms with Gasteiger partial charge in [-0.3, -0.25) is 14.4 Å². The lowest BCUT2D eigenvalue weighted by molar-refractivity contribution is -0.138. The molecule has 2 aliphatic rings. The molecule has 258 valence electrons. The van der Waals surface area contributed by atoms with Crippen LogP contribution >= 0.6 is 0 Å². The summed E-state index contributed by atoms with van der Waals surface area (Å²) in [4.78, 5) is 43.0. The Morgan fingerprint density at radius 2 is 1.59 bits per heavy atom. The van der Waals surface area contributed by atoms with Crippen LogP contribution in [0.2, 0.25) is 0 Å². The number of halogens is 3. The lowest BCUT2D eigenvalue weighted by atomic mass is 9.80. The van der Waals surface area contributed by atoms with Crippen molar-refractivity contribution in [3.05, 3.63) is 136 Å². The van der Waals surface area contributed by atoms with E-state index in [1.807, 2.05) is 75.1 Å². The first-order valence-corrected chi connectivity index (χ1v) is 16.4. The Hall–Kier alpha value is -5.95. The molecular formula is C41H34F3N3O4. The highest BCUT2D eigenvalue weighted by molar-refractivity contribution is 6.37. The van der Waals surface area contributed by atoms with E-state index in [0.717, 1.165) is 56.8 Å². The summed E-state index contributed by atoms with van der Waals surface area (Å²) < 4.78 is 40.5. The molecule has 2 aliphatic heterocycles. The summed E-state index contributed by atoms with van der Waals surface area (Å²) in [7, 11) is 0. The number of carbonyl (C=O) groups excluding carboxylic acids is 2. The largest absolute Gasteiger partial charge is 0.481 e. The fourth-order valence-corrected chi connectivity index (χ4v) is 6.95. The van der Waals surface area contributed by atoms with Gasteiger partial charge in [-0.15, -0.1) is 0 Å². The van der Waals surface area contributed by atoms with Gasteiger partial charge in [0.15, 0.2) is 0 Å². The second-order valence-corrected chi connectivity index (χ2v) is 13.4. The average Bonchev–Trinajstić information content (AvgIpc) is 3.31. The minimum Gasteiger partial charge on any atom is -0.481 e. The zero-order chi connectivity index (χ0) is 36.8. The molecule has 2 heterocycles. The number of nitriles is 1. The van der Waals surface area contributed by atoms with Gasteiger partial charge < -0.3 is 10.0 Å². The Kier molecular flexibility index (Phi) is 8.94. The van der Waals surface area contributed by atoms with Crippen LogP contribution in [-0.2, 0) is 26.0 Å². The maximum atomic E-state index is 14.5. The Balaban J connectivity index is 1.58. The number of nitrogens with zero attached hydrogens (tertiary/aromatic N) is 3. The van der Waals surface area contributed by atoms with Gasteiger partial charge in [-0.2, -0.15) is 18.4 Å². The minimum absolute atomic E-state index is 0.0823. The number of carbonyl (C=O) groups is 3. The number of carboxylic acids is 1. The third-order valence-electron chi connectivity index (χ3n) is 9.51. The van der Waals surface area contributed by atoms with E-state index >= 15 is 0 Å². The van der Waals surface area contributed by atoms with Gasteiger partial charge in [-0.05, 0) is 75.9 Å². The van der Waals surface area contributed by atoms with Crippen LogP contribution in [0.1, 0.15) is 62.3 Å². The highest BCUT2D eigenvalue weighted by atomic mass is 19.4. The Labute approximate surface area is 293 Å². The highest BCUT2D eigenvalue weighted by Crippen LogP contribution is 2.51. The predicted molar refractivity (Wildman–Crippen MR) is 190 cm³/mol. The average molecular weight is 690 g/mol. The van der Waals surface area contributed by atoms with Gasteiger partial charge in [0, 0.05) is 34.5 Å². The van der Waals surface area contributed by atoms with Crippen LogP contribution < -0.4 is 9.80 Å². The number of benzene rings is 4. The molecule has 0 aliphatic carbocycles. The molecule has 0 bridgehead atoms. The van der Waals surface area contributed by atoms with E-state index in [4.69, 9.17) is 0 Å². The number of fused-ring (bicyclic) bond motifs is 3. The van der Waals surface area contributed by atoms with Gasteiger partial charge >= 0.3 is 12.1 Å². The van der Waals surface area contributed by atoms with Crippen molar-refractivity contribution in [1.29, 1.82) is 5.26 Å². The molecule has 0 fully saturated rings. The molecule has 0 atom stereocenters. The van der Waals surface area contributed by atoms with E-state index in [1.165, 1.54) is 6.08 Å². The molecule has 2 amide bonds. The van der Waals surface area contributed by atoms with Crippen molar-refractivity contribution in [2.75, 3.05) is 16.3 Å². The number of carboxylic acid groups (broad SMARTS) is 1. The smallest absolute Gasteiger partial charge is 0.416 e. The van der Waals surface area contributed by atoms with Gasteiger partial charge in [0.25, 0.3) is 11.8 Å². The fourth-order valence-electron chi connectivity index (χ4n) is 6.95. The molecule has 0 saturated carbocycles. The number of alkyl halides is 3. The van der Waals surface area contributed by atoms with Crippen LogP contribution in [-0.4, -0.2) is 29.4 Å². The number of hydrogen-bond donors (Lipinski definition) is 1. The predicted octanol–water partition coefficient (Wildman–Crippen LogP) is 8.92. The van der Waals surface area contributed by atoms with Crippen LogP contribution in [0.4, 0.5) is 24.5 Å². The van der Waals surface area contributed by atoms with Crippen LogP contribution in [0, 0.1) is 11.3 Å². The summed E-state index contributed by atoms with van der Waals surface area (Å²) in [5.41, 5.74) is 1.49. The van der Waals surface area contributed by atoms with Crippen molar-refractivity contribution < 1.29 is 32.7 Å². The van der Waals surface area contributed by atoms with E-state index < -0.39 is 40.5 Å². The van der Waals surface area contributed by atoms with Gasteiger partial charge in [-0.25, -0.2) is 4.90 Å². The van der Waals surface area contributed by atoms with Crippen molar-refractivity contribution in [2.24, 2.45) is 0 Å². The maximum Gasteiger partial charge on any atom is 0.416 e. The van der Waals surface area contributed by atoms with E-state index in [-0.39, 0.29) is 41.3 Å². The monoisotopic (exact) mass is 689 g/mol. The SMILES string of the molecule is CC(C)c1ccc(N2C(=O)C(C#N)=C(c3ccc(C(F)(F)F)cc3)/C(=C/C=C3/N(CCC(=O)O)c4ccc5ccccc5c4C3(C)C)C2=O)cc1. The molecule has 10 heteroatoms. The summed E-state index contributed by atoms with van der Waals surface area (Å²) in [5.74, 6) is -2.48. The van der Waals surface area contributed by atoms with Gasteiger partial charge in [0.2, 0.25) is 0 Å². The molecule has 0 spiro atoms. The normalized spacial score (nSPS) is 17.5. The number of rotatable bonds is 7. The molecule has 51 heavy (non-hydrogen) atoms. The Bertz CT molecular complexity index is 2220. The first-order valence-electron chi connectivity index (χ1n) is 16.4. The zero-order valence-electron chi connectivity index (χ0n) is 28.4. The van der Waals surface area contributed by atoms with E-state index in [2.05, 4.69) is 0 Å². The summed E-state index contributed by atoms with van der Waals surface area (Å²) in [6.07, 6.45) is -1.65. The summed E-state index contributed by atoms with van der Waals surface area (Å²) in [6.45, 7) is 8.10. The second-order valence-electron chi connectivity index (χ2n) is 13.4. The van der Waals surface area contributed by atoms with E-state index in [0.29, 0.717) is 5.70 Å². The quantitative estimate of drug-likeness (QED) is 0.154. The molecular weight excluding hydrogens is 655 g/mol. The van der Waals surface area contributed by atoms with Crippen LogP contribution in [0.15, 0.2) is 114 Å². The number of imide groups is 1. The summed E-state index contributed by atoms with van der Waals surface area (Å²) in [6, 6.07) is 24.4. The van der Waals surface area contributed by atoms with Crippen molar-refractivity contribution in [2.45, 2.75) is 51.6 Å². The van der Waals surface area contributed by atoms with Crippen LogP contribution in [0.25, 0.3) is 16.3 Å². The minimum atomic E-state index is -4.63. The molecule has 0 unspecified atom stereocenters. The molecule has 0 aromatic heterocycles. The van der Waals surface area contributed by atoms with Crippen molar-refractivity contribution in [3.8, 4) is 6.07 Å². The topological polar surface area (TPSA) is 102 Å². The number of hydrogen-bond acceptors (Lipinski definition) is 5. The maximum absolute atomic E-state index is 14.5. The van der Waals surface area contributed by atoms with Crippen LogP contribution in [0.3, 0.4) is 0 Å². The number of allylic oxidation sites excluding steroid dienone is 3. The van der Waals surface area contributed by atoms with Gasteiger partial charge in [0.1, 0.15) is 11.6 Å². The zero-order valence-corrected chi connectivity index (χ0v) is 28.4. The molecule has 0 saturated heterocycles. The van der Waals surface area contributed by atoms with Crippen molar-refractivity contribution in [1.82, 2.24) is 0 Å². The highest BCUT2D eigenvalue weighted by Gasteiger charge is 2.43. The molecule has 1 N–H and O–H groups in total. The number of anilines is 2. The first kappa shape index (κ1) is 34.9. The van der Waals surface area contributed by atoms with E-state index in [1.54, 1.807) is 30.3 Å². The molecule has 0 radical (unpaired) electrons. The number of aliphatic carboxylic acids is 1. The van der Waals surface area contributed by atoms with Crippen molar-refractivity contribution in [3.63, 3.8) is 0 Å². The molecule has 6 rings (SSSR count). The molecule has 4 aromatic rings. The lowest BCUT2D eigenvalue weighted by Gasteiger charge is -2.30. The van der Waals surface area contributed by atoms with Gasteiger partial charge in [0.05, 0.1) is 17.7 Å². The Morgan fingerprint density at radius 1 is 0.922 bits per heavy atom. The van der Waals surface area contributed by atoms with Crippen LogP contribution in [0.5, 0.6) is 0 Å². The fraction of sp³-hybridized carbons (Fsp3) is 0.220. The van der Waals surface area contributed by atoms with E-state index in [9.17, 15) is 37.9 Å². The first-order chi connectivity index (χ1) is 24.1. The molecule has 7 nitrogen and oxygen atoms in total. The third-order valence-corrected chi connectivity index (χ3v) is 9.51. The van der Waals surface area contributed by atoms with Crippen molar-refractivity contribution >= 4 is 45.5 Å². The standard InChI is InChI=1S/C41H34F3N3O4/c1-24(2)25-11-16-29(17-12-25)47-38(50)31(36(32(23-45)39(47)51)27-9-14-28(15-10-27)41(42,43)44)18-20-34-40(3,4)37-30-8-6-5-7-26(30)13-19-33(37)46(34)22-21-35(48)49/h5-20,24H,21-22H2,1-4H3,(H,48,49)/b31-18-,34-20+. The summed E-state index contributed by atoms with van der Waals surface area (Å²) >= 11 is 0. The summed E-state index contributed by atoms with van der Waals surface area (Å²) in [5, 5.41) is 22.0. The Morgan fingerprint density at radius 3 is 2.20 bits per heavy atom. The van der Waals surface area contributed by atoms with Gasteiger partial charge in [-0.1, -0.05) is 82.3 Å².